The molecule has 0 spiro atoms. The van der Waals surface area contributed by atoms with Gasteiger partial charge in [-0.2, -0.15) is 0 Å². The first kappa shape index (κ1) is 7.01. The minimum atomic E-state index is -2.51. The Balaban J connectivity index is 2.85. The number of alkyl halides is 2. The first-order valence-electron chi connectivity index (χ1n) is 1.97. The van der Waals surface area contributed by atoms with E-state index >= 15 is 0 Å². The van der Waals surface area contributed by atoms with Gasteiger partial charge in [-0.3, -0.25) is 0 Å². The molecule has 0 aliphatic carbocycles. The van der Waals surface area contributed by atoms with Crippen molar-refractivity contribution in [3.63, 3.8) is 0 Å². The predicted octanol–water partition coefficient (Wildman–Crippen LogP) is 2.24. The lowest BCUT2D eigenvalue weighted by atomic mass is 10.8. The monoisotopic (exact) mass is 214 g/mol. The molecule has 1 aromatic heterocycles. The van der Waals surface area contributed by atoms with Crippen molar-refractivity contribution in [1.29, 1.82) is 0 Å². The van der Waals surface area contributed by atoms with E-state index in [1.165, 1.54) is 0 Å². The summed E-state index contributed by atoms with van der Waals surface area (Å²) in [6, 6.07) is 0. The van der Waals surface area contributed by atoms with Crippen LogP contribution in [0.2, 0.25) is 0 Å². The van der Waals surface area contributed by atoms with E-state index in [0.29, 0.717) is 3.92 Å². The molecule has 0 N–H and O–H groups in total. The Labute approximate surface area is 62.0 Å². The second-order valence-electron chi connectivity index (χ2n) is 1.19. The third-order valence-corrected chi connectivity index (χ3v) is 1.97. The highest BCUT2D eigenvalue weighted by Crippen LogP contribution is 2.24. The zero-order valence-corrected chi connectivity index (χ0v) is 6.42. The van der Waals surface area contributed by atoms with Crippen LogP contribution in [0.25, 0.3) is 0 Å². The SMILES string of the molecule is FC(F)c1nnc(Br)s1. The molecule has 50 valence electrons. The zero-order valence-electron chi connectivity index (χ0n) is 4.01. The molecule has 0 unspecified atom stereocenters. The molecule has 9 heavy (non-hydrogen) atoms. The van der Waals surface area contributed by atoms with Crippen molar-refractivity contribution < 1.29 is 8.78 Å². The van der Waals surface area contributed by atoms with Crippen LogP contribution >= 0.6 is 27.3 Å². The van der Waals surface area contributed by atoms with E-state index in [4.69, 9.17) is 0 Å². The maximum Gasteiger partial charge on any atom is 0.291 e. The van der Waals surface area contributed by atoms with Crippen molar-refractivity contribution in [3.05, 3.63) is 8.92 Å². The fraction of sp³-hybridized carbons (Fsp3) is 0.333. The lowest BCUT2D eigenvalue weighted by Gasteiger charge is -1.84. The standard InChI is InChI=1S/C3HBrF2N2S/c4-3-8-7-2(9-3)1(5)6/h1H. The lowest BCUT2D eigenvalue weighted by Crippen LogP contribution is -1.79. The van der Waals surface area contributed by atoms with Crippen LogP contribution in [0.5, 0.6) is 0 Å². The average Bonchev–Trinajstić information content (AvgIpc) is 2.14. The highest BCUT2D eigenvalue weighted by atomic mass is 79.9. The van der Waals surface area contributed by atoms with Gasteiger partial charge < -0.3 is 0 Å². The highest BCUT2D eigenvalue weighted by Gasteiger charge is 2.11. The molecule has 0 amide bonds. The summed E-state index contributed by atoms with van der Waals surface area (Å²) in [4.78, 5) is 0. The average molecular weight is 215 g/mol. The van der Waals surface area contributed by atoms with Gasteiger partial charge in [0.15, 0.2) is 8.92 Å². The van der Waals surface area contributed by atoms with Gasteiger partial charge in [0, 0.05) is 0 Å². The van der Waals surface area contributed by atoms with Gasteiger partial charge in [-0.05, 0) is 15.9 Å². The molecular formula is C3HBrF2N2S. The Morgan fingerprint density at radius 3 is 2.33 bits per heavy atom. The van der Waals surface area contributed by atoms with Gasteiger partial charge in [-0.15, -0.1) is 10.2 Å². The van der Waals surface area contributed by atoms with Crippen LogP contribution in [-0.4, -0.2) is 10.2 Å². The van der Waals surface area contributed by atoms with E-state index in [2.05, 4.69) is 26.1 Å². The minimum Gasteiger partial charge on any atom is -0.202 e. The zero-order chi connectivity index (χ0) is 6.85. The predicted molar refractivity (Wildman–Crippen MR) is 32.6 cm³/mol. The molecule has 0 bridgehead atoms. The summed E-state index contributed by atoms with van der Waals surface area (Å²) in [5.41, 5.74) is 0. The number of halogens is 3. The summed E-state index contributed by atoms with van der Waals surface area (Å²) < 4.78 is 23.7. The Kier molecular flexibility index (Phi) is 2.07. The number of nitrogens with zero attached hydrogens (tertiary/aromatic N) is 2. The molecule has 1 aromatic rings. The van der Waals surface area contributed by atoms with Crippen molar-refractivity contribution in [2.45, 2.75) is 6.43 Å². The maximum atomic E-state index is 11.7. The topological polar surface area (TPSA) is 25.8 Å². The van der Waals surface area contributed by atoms with Crippen LogP contribution in [0.3, 0.4) is 0 Å². The molecule has 0 aliphatic rings. The third kappa shape index (κ3) is 1.65. The van der Waals surface area contributed by atoms with Crippen molar-refractivity contribution in [2.24, 2.45) is 0 Å². The first-order chi connectivity index (χ1) is 4.20. The van der Waals surface area contributed by atoms with E-state index in [0.717, 1.165) is 11.3 Å². The fourth-order valence-electron chi connectivity index (χ4n) is 0.304. The van der Waals surface area contributed by atoms with Gasteiger partial charge >= 0.3 is 0 Å². The summed E-state index contributed by atoms with van der Waals surface area (Å²) in [5, 5.41) is 6.28. The molecule has 0 aliphatic heterocycles. The minimum absolute atomic E-state index is 0.248. The second-order valence-corrected chi connectivity index (χ2v) is 3.48. The second kappa shape index (κ2) is 2.66. The van der Waals surface area contributed by atoms with Crippen LogP contribution in [0.1, 0.15) is 11.4 Å². The smallest absolute Gasteiger partial charge is 0.202 e. The molecule has 2 nitrogen and oxygen atoms in total. The van der Waals surface area contributed by atoms with Gasteiger partial charge in [0.2, 0.25) is 0 Å². The van der Waals surface area contributed by atoms with E-state index in [1.54, 1.807) is 0 Å². The molecular weight excluding hydrogens is 214 g/mol. The van der Waals surface area contributed by atoms with E-state index in [1.807, 2.05) is 0 Å². The quantitative estimate of drug-likeness (QED) is 0.717. The van der Waals surface area contributed by atoms with E-state index in [9.17, 15) is 8.78 Å². The van der Waals surface area contributed by atoms with Gasteiger partial charge in [0.25, 0.3) is 6.43 Å². The molecule has 0 saturated heterocycles. The molecule has 6 heteroatoms. The molecule has 1 rings (SSSR count). The summed E-state index contributed by atoms with van der Waals surface area (Å²) in [5.74, 6) is 0. The molecule has 0 aromatic carbocycles. The Bertz CT molecular complexity index is 201. The van der Waals surface area contributed by atoms with Gasteiger partial charge in [0.1, 0.15) is 0 Å². The number of hydrogen-bond donors (Lipinski definition) is 0. The van der Waals surface area contributed by atoms with Gasteiger partial charge in [-0.1, -0.05) is 11.3 Å². The van der Waals surface area contributed by atoms with Crippen LogP contribution < -0.4 is 0 Å². The van der Waals surface area contributed by atoms with E-state index < -0.39 is 6.43 Å². The number of rotatable bonds is 1. The van der Waals surface area contributed by atoms with Crippen molar-refractivity contribution >= 4 is 27.3 Å². The molecule has 0 saturated carbocycles. The lowest BCUT2D eigenvalue weighted by molar-refractivity contribution is 0.150. The summed E-state index contributed by atoms with van der Waals surface area (Å²) in [7, 11) is 0. The van der Waals surface area contributed by atoms with Gasteiger partial charge in [0.05, 0.1) is 0 Å². The first-order valence-corrected chi connectivity index (χ1v) is 3.58. The summed E-state index contributed by atoms with van der Waals surface area (Å²) in [6.07, 6.45) is -2.51. The highest BCUT2D eigenvalue weighted by molar-refractivity contribution is 9.11. The van der Waals surface area contributed by atoms with Gasteiger partial charge in [-0.25, -0.2) is 8.78 Å². The largest absolute Gasteiger partial charge is 0.291 e. The van der Waals surface area contributed by atoms with Crippen molar-refractivity contribution in [1.82, 2.24) is 10.2 Å². The molecule has 1 heterocycles. The number of hydrogen-bond acceptors (Lipinski definition) is 3. The van der Waals surface area contributed by atoms with Crippen LogP contribution in [0.4, 0.5) is 8.78 Å². The van der Waals surface area contributed by atoms with Crippen LogP contribution in [0, 0.1) is 0 Å². The summed E-state index contributed by atoms with van der Waals surface area (Å²) in [6.45, 7) is 0. The molecule has 0 fully saturated rings. The fourth-order valence-corrected chi connectivity index (χ4v) is 1.31. The number of aromatic nitrogens is 2. The third-order valence-electron chi connectivity index (χ3n) is 0.603. The Hall–Kier alpha value is -0.100. The maximum absolute atomic E-state index is 11.7. The van der Waals surface area contributed by atoms with Crippen LogP contribution in [0.15, 0.2) is 3.92 Å². The Morgan fingerprint density at radius 1 is 1.44 bits per heavy atom. The molecule has 0 atom stereocenters. The normalized spacial score (nSPS) is 10.7. The Morgan fingerprint density at radius 2 is 2.11 bits per heavy atom. The van der Waals surface area contributed by atoms with Crippen molar-refractivity contribution in [2.75, 3.05) is 0 Å². The summed E-state index contributed by atoms with van der Waals surface area (Å²) >= 11 is 3.75. The van der Waals surface area contributed by atoms with E-state index in [-0.39, 0.29) is 5.01 Å². The van der Waals surface area contributed by atoms with Crippen molar-refractivity contribution in [3.8, 4) is 0 Å². The molecule has 0 radical (unpaired) electrons. The van der Waals surface area contributed by atoms with Crippen LogP contribution in [-0.2, 0) is 0 Å².